The van der Waals surface area contributed by atoms with Crippen LogP contribution in [-0.2, 0) is 12.8 Å². The SMILES string of the molecule is CCc1cc2cccc(CCN)c2o1. The van der Waals surface area contributed by atoms with E-state index in [-0.39, 0.29) is 0 Å². The van der Waals surface area contributed by atoms with Gasteiger partial charge in [0.2, 0.25) is 0 Å². The molecule has 2 heteroatoms. The number of nitrogens with two attached hydrogens (primary N) is 1. The predicted molar refractivity (Wildman–Crippen MR) is 58.4 cm³/mol. The van der Waals surface area contributed by atoms with Gasteiger partial charge in [-0.2, -0.15) is 0 Å². The second kappa shape index (κ2) is 3.84. The summed E-state index contributed by atoms with van der Waals surface area (Å²) in [5.74, 6) is 1.05. The van der Waals surface area contributed by atoms with Gasteiger partial charge >= 0.3 is 0 Å². The number of para-hydroxylation sites is 1. The van der Waals surface area contributed by atoms with Gasteiger partial charge in [-0.1, -0.05) is 25.1 Å². The molecule has 2 rings (SSSR count). The monoisotopic (exact) mass is 189 g/mol. The Bertz CT molecular complexity index is 431. The number of hydrogen-bond acceptors (Lipinski definition) is 2. The molecule has 0 amide bonds. The van der Waals surface area contributed by atoms with Gasteiger partial charge in [0, 0.05) is 11.8 Å². The van der Waals surface area contributed by atoms with Crippen LogP contribution in [0.4, 0.5) is 0 Å². The van der Waals surface area contributed by atoms with Gasteiger partial charge in [-0.25, -0.2) is 0 Å². The van der Waals surface area contributed by atoms with Crippen molar-refractivity contribution in [1.82, 2.24) is 0 Å². The summed E-state index contributed by atoms with van der Waals surface area (Å²) in [5.41, 5.74) is 7.77. The summed E-state index contributed by atoms with van der Waals surface area (Å²) in [5, 5.41) is 1.19. The largest absolute Gasteiger partial charge is 0.461 e. The number of fused-ring (bicyclic) bond motifs is 1. The average Bonchev–Trinajstić information content (AvgIpc) is 2.62. The Morgan fingerprint density at radius 3 is 2.93 bits per heavy atom. The first-order chi connectivity index (χ1) is 6.85. The third kappa shape index (κ3) is 1.53. The van der Waals surface area contributed by atoms with Crippen LogP contribution in [0, 0.1) is 0 Å². The van der Waals surface area contributed by atoms with E-state index in [0.717, 1.165) is 24.2 Å². The summed E-state index contributed by atoms with van der Waals surface area (Å²) in [7, 11) is 0. The van der Waals surface area contributed by atoms with Gasteiger partial charge in [0.15, 0.2) is 0 Å². The molecule has 1 aromatic carbocycles. The smallest absolute Gasteiger partial charge is 0.137 e. The van der Waals surface area contributed by atoms with Crippen LogP contribution in [0.15, 0.2) is 28.7 Å². The standard InChI is InChI=1S/C12H15NO/c1-2-11-8-10-5-3-4-9(6-7-13)12(10)14-11/h3-5,8H,2,6-7,13H2,1H3. The van der Waals surface area contributed by atoms with Crippen molar-refractivity contribution in [3.8, 4) is 0 Å². The zero-order valence-corrected chi connectivity index (χ0v) is 8.42. The minimum atomic E-state index is 0.668. The van der Waals surface area contributed by atoms with Crippen molar-refractivity contribution in [1.29, 1.82) is 0 Å². The molecule has 0 aliphatic carbocycles. The Hall–Kier alpha value is -1.28. The van der Waals surface area contributed by atoms with Gasteiger partial charge < -0.3 is 10.2 Å². The van der Waals surface area contributed by atoms with Gasteiger partial charge in [0.1, 0.15) is 11.3 Å². The highest BCUT2D eigenvalue weighted by Crippen LogP contribution is 2.23. The van der Waals surface area contributed by atoms with Crippen molar-refractivity contribution in [2.75, 3.05) is 6.54 Å². The number of hydrogen-bond donors (Lipinski definition) is 1. The maximum atomic E-state index is 5.75. The molecule has 0 aliphatic heterocycles. The summed E-state index contributed by atoms with van der Waals surface area (Å²) < 4.78 is 5.75. The van der Waals surface area contributed by atoms with Gasteiger partial charge in [0.05, 0.1) is 0 Å². The highest BCUT2D eigenvalue weighted by molar-refractivity contribution is 5.81. The second-order valence-corrected chi connectivity index (χ2v) is 3.44. The van der Waals surface area contributed by atoms with E-state index in [4.69, 9.17) is 10.2 Å². The third-order valence-electron chi connectivity index (χ3n) is 2.44. The molecule has 14 heavy (non-hydrogen) atoms. The molecular formula is C12H15NO. The second-order valence-electron chi connectivity index (χ2n) is 3.44. The molecule has 1 aromatic heterocycles. The van der Waals surface area contributed by atoms with Crippen molar-refractivity contribution < 1.29 is 4.42 Å². The van der Waals surface area contributed by atoms with E-state index in [9.17, 15) is 0 Å². The van der Waals surface area contributed by atoms with Crippen LogP contribution in [0.5, 0.6) is 0 Å². The van der Waals surface area contributed by atoms with Crippen LogP contribution in [0.1, 0.15) is 18.2 Å². The molecule has 0 saturated carbocycles. The molecule has 1 heterocycles. The molecule has 0 spiro atoms. The Kier molecular flexibility index (Phi) is 2.55. The number of benzene rings is 1. The molecule has 0 atom stereocenters. The van der Waals surface area contributed by atoms with Crippen molar-refractivity contribution in [3.05, 3.63) is 35.6 Å². The molecular weight excluding hydrogens is 174 g/mol. The first-order valence-electron chi connectivity index (χ1n) is 5.05. The minimum Gasteiger partial charge on any atom is -0.461 e. The summed E-state index contributed by atoms with van der Waals surface area (Å²) in [6.07, 6.45) is 1.82. The van der Waals surface area contributed by atoms with Crippen LogP contribution >= 0.6 is 0 Å². The summed E-state index contributed by atoms with van der Waals surface area (Å²) in [6, 6.07) is 8.33. The quantitative estimate of drug-likeness (QED) is 0.805. The van der Waals surface area contributed by atoms with Crippen LogP contribution in [0.3, 0.4) is 0 Å². The lowest BCUT2D eigenvalue weighted by atomic mass is 10.1. The van der Waals surface area contributed by atoms with Crippen LogP contribution in [0.2, 0.25) is 0 Å². The molecule has 2 nitrogen and oxygen atoms in total. The van der Waals surface area contributed by atoms with Gasteiger partial charge in [-0.3, -0.25) is 0 Å². The highest BCUT2D eigenvalue weighted by atomic mass is 16.3. The lowest BCUT2D eigenvalue weighted by Gasteiger charge is -1.98. The summed E-state index contributed by atoms with van der Waals surface area (Å²) >= 11 is 0. The van der Waals surface area contributed by atoms with E-state index in [1.54, 1.807) is 0 Å². The van der Waals surface area contributed by atoms with E-state index in [2.05, 4.69) is 31.2 Å². The Morgan fingerprint density at radius 2 is 2.21 bits per heavy atom. The minimum absolute atomic E-state index is 0.668. The van der Waals surface area contributed by atoms with E-state index in [0.29, 0.717) is 6.54 Å². The predicted octanol–water partition coefficient (Wildman–Crippen LogP) is 2.50. The number of furan rings is 1. The molecule has 0 radical (unpaired) electrons. The molecule has 0 bridgehead atoms. The summed E-state index contributed by atoms with van der Waals surface area (Å²) in [4.78, 5) is 0. The van der Waals surface area contributed by atoms with Crippen molar-refractivity contribution in [2.45, 2.75) is 19.8 Å². The van der Waals surface area contributed by atoms with E-state index in [1.165, 1.54) is 10.9 Å². The average molecular weight is 189 g/mol. The Balaban J connectivity index is 2.55. The van der Waals surface area contributed by atoms with E-state index in [1.807, 2.05) is 0 Å². The maximum Gasteiger partial charge on any atom is 0.137 e. The topological polar surface area (TPSA) is 39.2 Å². The molecule has 0 unspecified atom stereocenters. The fourth-order valence-electron chi connectivity index (χ4n) is 1.70. The molecule has 2 aromatic rings. The zero-order chi connectivity index (χ0) is 9.97. The summed E-state index contributed by atoms with van der Waals surface area (Å²) in [6.45, 7) is 2.77. The first kappa shape index (κ1) is 9.28. The lowest BCUT2D eigenvalue weighted by Crippen LogP contribution is -2.02. The lowest BCUT2D eigenvalue weighted by molar-refractivity contribution is 0.553. The van der Waals surface area contributed by atoms with Crippen LogP contribution in [-0.4, -0.2) is 6.54 Å². The molecule has 2 N–H and O–H groups in total. The molecule has 74 valence electrons. The van der Waals surface area contributed by atoms with Crippen molar-refractivity contribution in [3.63, 3.8) is 0 Å². The fraction of sp³-hybridized carbons (Fsp3) is 0.333. The zero-order valence-electron chi connectivity index (χ0n) is 8.42. The van der Waals surface area contributed by atoms with Crippen molar-refractivity contribution in [2.24, 2.45) is 5.73 Å². The third-order valence-corrected chi connectivity index (χ3v) is 2.44. The fourth-order valence-corrected chi connectivity index (χ4v) is 1.70. The maximum absolute atomic E-state index is 5.75. The first-order valence-corrected chi connectivity index (χ1v) is 5.05. The van der Waals surface area contributed by atoms with Crippen LogP contribution < -0.4 is 5.73 Å². The van der Waals surface area contributed by atoms with Gasteiger partial charge in [0.25, 0.3) is 0 Å². The molecule has 0 saturated heterocycles. The van der Waals surface area contributed by atoms with Crippen molar-refractivity contribution >= 4 is 11.0 Å². The molecule has 0 aliphatic rings. The molecule has 0 fully saturated rings. The van der Waals surface area contributed by atoms with Crippen LogP contribution in [0.25, 0.3) is 11.0 Å². The van der Waals surface area contributed by atoms with Gasteiger partial charge in [-0.05, 0) is 24.6 Å². The highest BCUT2D eigenvalue weighted by Gasteiger charge is 2.05. The Morgan fingerprint density at radius 1 is 1.36 bits per heavy atom. The number of rotatable bonds is 3. The van der Waals surface area contributed by atoms with Gasteiger partial charge in [-0.15, -0.1) is 0 Å². The number of aryl methyl sites for hydroxylation is 1. The van der Waals surface area contributed by atoms with E-state index < -0.39 is 0 Å². The Labute approximate surface area is 83.7 Å². The normalized spacial score (nSPS) is 11.0. The van der Waals surface area contributed by atoms with E-state index >= 15 is 0 Å².